The number of carbonyl (C=O) groups excluding carboxylic acids is 1. The first-order chi connectivity index (χ1) is 9.02. The summed E-state index contributed by atoms with van der Waals surface area (Å²) in [5, 5.41) is 13.9. The third kappa shape index (κ3) is 3.29. The van der Waals surface area contributed by atoms with E-state index in [1.165, 1.54) is 11.8 Å². The van der Waals surface area contributed by atoms with Crippen molar-refractivity contribution < 1.29 is 19.4 Å². The van der Waals surface area contributed by atoms with Gasteiger partial charge in [-0.2, -0.15) is 0 Å². The number of hydrogen-bond acceptors (Lipinski definition) is 5. The predicted octanol–water partition coefficient (Wildman–Crippen LogP) is 1.45. The Morgan fingerprint density at radius 3 is 3.11 bits per heavy atom. The lowest BCUT2D eigenvalue weighted by Crippen LogP contribution is -2.50. The first-order valence-corrected chi connectivity index (χ1v) is 7.66. The largest absolute Gasteiger partial charge is 0.481 e. The van der Waals surface area contributed by atoms with Gasteiger partial charge >= 0.3 is 5.97 Å². The summed E-state index contributed by atoms with van der Waals surface area (Å²) in [6.45, 7) is 1.98. The Hall–Kier alpha value is -1.05. The van der Waals surface area contributed by atoms with Crippen LogP contribution < -0.4 is 5.32 Å². The lowest BCUT2D eigenvalue weighted by atomic mass is 9.85. The van der Waals surface area contributed by atoms with E-state index in [-0.39, 0.29) is 24.9 Å². The molecule has 2 atom stereocenters. The summed E-state index contributed by atoms with van der Waals surface area (Å²) in [7, 11) is 0. The summed E-state index contributed by atoms with van der Waals surface area (Å²) in [6, 6.07) is 3.40. The minimum atomic E-state index is -1.04. The second-order valence-electron chi connectivity index (χ2n) is 4.58. The minimum Gasteiger partial charge on any atom is -0.481 e. The van der Waals surface area contributed by atoms with Crippen LogP contribution in [0.4, 0.5) is 0 Å². The van der Waals surface area contributed by atoms with E-state index in [1.54, 1.807) is 18.3 Å². The molecule has 5 nitrogen and oxygen atoms in total. The fourth-order valence-corrected chi connectivity index (χ4v) is 3.40. The van der Waals surface area contributed by atoms with Crippen molar-refractivity contribution in [2.45, 2.75) is 17.2 Å². The van der Waals surface area contributed by atoms with Crippen molar-refractivity contribution >= 4 is 35.0 Å². The van der Waals surface area contributed by atoms with Crippen molar-refractivity contribution in [2.24, 2.45) is 5.41 Å². The number of carbonyl (C=O) groups is 2. The Bertz CT molecular complexity index is 462. The third-order valence-corrected chi connectivity index (χ3v) is 5.25. The van der Waals surface area contributed by atoms with Gasteiger partial charge < -0.3 is 15.2 Å². The van der Waals surface area contributed by atoms with E-state index in [9.17, 15) is 14.7 Å². The molecule has 1 fully saturated rings. The summed E-state index contributed by atoms with van der Waals surface area (Å²) in [5.41, 5.74) is -1.04. The summed E-state index contributed by atoms with van der Waals surface area (Å²) >= 11 is 3.02. The molecule has 1 aliphatic rings. The highest BCUT2D eigenvalue weighted by atomic mass is 32.2. The van der Waals surface area contributed by atoms with Gasteiger partial charge in [-0.05, 0) is 18.4 Å². The van der Waals surface area contributed by atoms with Crippen molar-refractivity contribution in [3.05, 3.63) is 17.5 Å². The Kier molecular flexibility index (Phi) is 4.49. The van der Waals surface area contributed by atoms with Gasteiger partial charge in [0.1, 0.15) is 5.41 Å². The molecule has 104 valence electrons. The fraction of sp³-hybridized carbons (Fsp3) is 0.500. The van der Waals surface area contributed by atoms with Gasteiger partial charge in [-0.1, -0.05) is 6.07 Å². The maximum Gasteiger partial charge on any atom is 0.313 e. The van der Waals surface area contributed by atoms with E-state index < -0.39 is 17.4 Å². The molecule has 0 saturated carbocycles. The van der Waals surface area contributed by atoms with Gasteiger partial charge in [-0.15, -0.1) is 23.1 Å². The molecular weight excluding hydrogens is 286 g/mol. The number of nitrogens with one attached hydrogen (secondary N) is 1. The van der Waals surface area contributed by atoms with E-state index in [0.717, 1.165) is 4.21 Å². The Morgan fingerprint density at radius 1 is 1.68 bits per heavy atom. The highest BCUT2D eigenvalue weighted by molar-refractivity contribution is 8.01. The topological polar surface area (TPSA) is 75.6 Å². The first-order valence-electron chi connectivity index (χ1n) is 5.79. The molecule has 2 N–H and O–H groups in total. The van der Waals surface area contributed by atoms with E-state index >= 15 is 0 Å². The third-order valence-electron chi connectivity index (χ3n) is 3.12. The highest BCUT2D eigenvalue weighted by Crippen LogP contribution is 2.29. The molecule has 0 spiro atoms. The van der Waals surface area contributed by atoms with Crippen LogP contribution in [0, 0.1) is 5.41 Å². The standard InChI is InChI=1S/C12H15NO4S2/c1-12(11(15)16)7-17-5-8(12)13-9(14)6-19-10-3-2-4-18-10/h2-4,8H,5-7H2,1H3,(H,13,14)(H,15,16). The van der Waals surface area contributed by atoms with Gasteiger partial charge in [0.2, 0.25) is 5.91 Å². The van der Waals surface area contributed by atoms with Gasteiger partial charge in [-0.3, -0.25) is 9.59 Å². The average molecular weight is 301 g/mol. The summed E-state index contributed by atoms with van der Waals surface area (Å²) in [5.74, 6) is -0.824. The van der Waals surface area contributed by atoms with Crippen LogP contribution in [0.1, 0.15) is 6.92 Å². The second kappa shape index (κ2) is 5.94. The molecule has 1 aliphatic heterocycles. The van der Waals surface area contributed by atoms with E-state index in [2.05, 4.69) is 5.32 Å². The molecule has 0 aliphatic carbocycles. The maximum absolute atomic E-state index is 11.8. The average Bonchev–Trinajstić information content (AvgIpc) is 2.98. The SMILES string of the molecule is CC1(C(=O)O)COCC1NC(=O)CSc1cccs1. The monoisotopic (exact) mass is 301 g/mol. The Morgan fingerprint density at radius 2 is 2.47 bits per heavy atom. The van der Waals surface area contributed by atoms with Crippen LogP contribution in [0.25, 0.3) is 0 Å². The summed E-state index contributed by atoms with van der Waals surface area (Å²) in [4.78, 5) is 23.1. The van der Waals surface area contributed by atoms with Crippen LogP contribution >= 0.6 is 23.1 Å². The first kappa shape index (κ1) is 14.4. The quantitative estimate of drug-likeness (QED) is 0.805. The van der Waals surface area contributed by atoms with E-state index in [0.29, 0.717) is 0 Å². The molecule has 2 unspecified atom stereocenters. The highest BCUT2D eigenvalue weighted by Gasteiger charge is 2.47. The number of carboxylic acid groups (broad SMARTS) is 1. The molecule has 19 heavy (non-hydrogen) atoms. The number of thiophene rings is 1. The molecule has 7 heteroatoms. The van der Waals surface area contributed by atoms with E-state index in [4.69, 9.17) is 4.74 Å². The maximum atomic E-state index is 11.8. The molecule has 1 aromatic heterocycles. The van der Waals surface area contributed by atoms with Gasteiger partial charge in [0.05, 0.1) is 29.2 Å². The zero-order valence-electron chi connectivity index (χ0n) is 10.4. The van der Waals surface area contributed by atoms with Crippen LogP contribution in [0.3, 0.4) is 0 Å². The smallest absolute Gasteiger partial charge is 0.313 e. The Balaban J connectivity index is 1.86. The molecule has 2 heterocycles. The van der Waals surface area contributed by atoms with Gasteiger partial charge in [0.15, 0.2) is 0 Å². The van der Waals surface area contributed by atoms with Crippen LogP contribution in [0.5, 0.6) is 0 Å². The molecule has 2 rings (SSSR count). The van der Waals surface area contributed by atoms with Crippen molar-refractivity contribution in [3.8, 4) is 0 Å². The zero-order valence-corrected chi connectivity index (χ0v) is 12.1. The number of carboxylic acids is 1. The van der Waals surface area contributed by atoms with Crippen molar-refractivity contribution in [1.29, 1.82) is 0 Å². The molecule has 1 aromatic rings. The lowest BCUT2D eigenvalue weighted by Gasteiger charge is -2.25. The molecule has 1 saturated heterocycles. The normalized spacial score (nSPS) is 26.3. The number of ether oxygens (including phenoxy) is 1. The molecule has 0 bridgehead atoms. The molecule has 0 aromatic carbocycles. The second-order valence-corrected chi connectivity index (χ2v) is 6.80. The van der Waals surface area contributed by atoms with Crippen molar-refractivity contribution in [3.63, 3.8) is 0 Å². The number of aliphatic carboxylic acids is 1. The fourth-order valence-electron chi connectivity index (χ4n) is 1.80. The van der Waals surface area contributed by atoms with Crippen molar-refractivity contribution in [2.75, 3.05) is 19.0 Å². The van der Waals surface area contributed by atoms with Gasteiger partial charge in [0.25, 0.3) is 0 Å². The van der Waals surface area contributed by atoms with Crippen LogP contribution in [0.15, 0.2) is 21.7 Å². The van der Waals surface area contributed by atoms with Gasteiger partial charge in [0, 0.05) is 0 Å². The molecular formula is C12H15NO4S2. The number of thioether (sulfide) groups is 1. The molecule has 0 radical (unpaired) electrons. The molecule has 1 amide bonds. The van der Waals surface area contributed by atoms with E-state index in [1.807, 2.05) is 17.5 Å². The van der Waals surface area contributed by atoms with Crippen LogP contribution in [-0.2, 0) is 14.3 Å². The summed E-state index contributed by atoms with van der Waals surface area (Å²) in [6.07, 6.45) is 0. The predicted molar refractivity (Wildman–Crippen MR) is 73.5 cm³/mol. The van der Waals surface area contributed by atoms with Crippen LogP contribution in [0.2, 0.25) is 0 Å². The number of rotatable bonds is 5. The lowest BCUT2D eigenvalue weighted by molar-refractivity contribution is -0.148. The van der Waals surface area contributed by atoms with Crippen LogP contribution in [-0.4, -0.2) is 42.0 Å². The number of hydrogen-bond donors (Lipinski definition) is 2. The number of amides is 1. The Labute approximate surface area is 119 Å². The van der Waals surface area contributed by atoms with Gasteiger partial charge in [-0.25, -0.2) is 0 Å². The minimum absolute atomic E-state index is 0.130. The summed E-state index contributed by atoms with van der Waals surface area (Å²) < 4.78 is 6.25. The van der Waals surface area contributed by atoms with Crippen molar-refractivity contribution in [1.82, 2.24) is 5.32 Å². The zero-order chi connectivity index (χ0) is 13.9.